The molecule has 0 aliphatic heterocycles. The highest BCUT2D eigenvalue weighted by Crippen LogP contribution is 2.24. The Morgan fingerprint density at radius 1 is 1.24 bits per heavy atom. The number of hydrogen-bond acceptors (Lipinski definition) is 3. The van der Waals surface area contributed by atoms with Gasteiger partial charge in [0.2, 0.25) is 0 Å². The van der Waals surface area contributed by atoms with E-state index in [9.17, 15) is 0 Å². The highest BCUT2D eigenvalue weighted by molar-refractivity contribution is 8.00. The van der Waals surface area contributed by atoms with Crippen LogP contribution in [-0.4, -0.2) is 16.5 Å². The van der Waals surface area contributed by atoms with E-state index in [2.05, 4.69) is 56.5 Å². The standard InChI is InChI=1S/C14H24N2S/c1-14(2,3)17-11-13(16-15)10-9-12-7-5-4-6-8-12/h4-8,13,16H,9-11,15H2,1-3H3. The molecule has 3 N–H and O–H groups in total. The maximum atomic E-state index is 5.60. The number of benzene rings is 1. The second-order valence-corrected chi connectivity index (χ2v) is 7.16. The number of rotatable bonds is 6. The van der Waals surface area contributed by atoms with Crippen LogP contribution in [0, 0.1) is 0 Å². The quantitative estimate of drug-likeness (QED) is 0.604. The number of aryl methyl sites for hydroxylation is 1. The number of nitrogens with two attached hydrogens (primary N) is 1. The zero-order valence-electron chi connectivity index (χ0n) is 11.1. The minimum atomic E-state index is 0.307. The minimum absolute atomic E-state index is 0.307. The molecule has 1 aromatic rings. The van der Waals surface area contributed by atoms with Gasteiger partial charge in [-0.15, -0.1) is 0 Å². The van der Waals surface area contributed by atoms with Crippen LogP contribution in [0.5, 0.6) is 0 Å². The summed E-state index contributed by atoms with van der Waals surface area (Å²) in [7, 11) is 0. The van der Waals surface area contributed by atoms with Gasteiger partial charge in [0.25, 0.3) is 0 Å². The first-order valence-corrected chi connectivity index (χ1v) is 7.14. The number of thioether (sulfide) groups is 1. The fourth-order valence-corrected chi connectivity index (χ4v) is 2.52. The molecule has 0 aliphatic rings. The third kappa shape index (κ3) is 6.71. The Bertz CT molecular complexity index is 306. The summed E-state index contributed by atoms with van der Waals surface area (Å²) in [5.41, 5.74) is 4.31. The van der Waals surface area contributed by atoms with Crippen molar-refractivity contribution in [2.24, 2.45) is 5.84 Å². The molecule has 96 valence electrons. The van der Waals surface area contributed by atoms with Crippen molar-refractivity contribution in [2.75, 3.05) is 5.75 Å². The average molecular weight is 252 g/mol. The molecule has 0 bridgehead atoms. The van der Waals surface area contributed by atoms with Crippen molar-refractivity contribution < 1.29 is 0 Å². The maximum absolute atomic E-state index is 5.60. The predicted molar refractivity (Wildman–Crippen MR) is 78.1 cm³/mol. The lowest BCUT2D eigenvalue weighted by Crippen LogP contribution is -2.38. The first kappa shape index (κ1) is 14.6. The molecular weight excluding hydrogens is 228 g/mol. The van der Waals surface area contributed by atoms with Crippen molar-refractivity contribution in [1.82, 2.24) is 5.43 Å². The van der Waals surface area contributed by atoms with Crippen LogP contribution in [0.15, 0.2) is 30.3 Å². The van der Waals surface area contributed by atoms with Gasteiger partial charge in [0.1, 0.15) is 0 Å². The van der Waals surface area contributed by atoms with Crippen LogP contribution in [0.4, 0.5) is 0 Å². The number of hydrazine groups is 1. The summed E-state index contributed by atoms with van der Waals surface area (Å²) >= 11 is 1.96. The SMILES string of the molecule is CC(C)(C)SCC(CCc1ccccc1)NN. The topological polar surface area (TPSA) is 38.0 Å². The number of hydrogen-bond donors (Lipinski definition) is 2. The molecule has 0 saturated heterocycles. The summed E-state index contributed by atoms with van der Waals surface area (Å²) in [5, 5.41) is 0. The Morgan fingerprint density at radius 2 is 1.88 bits per heavy atom. The molecule has 17 heavy (non-hydrogen) atoms. The summed E-state index contributed by atoms with van der Waals surface area (Å²) in [6.45, 7) is 6.72. The molecule has 1 atom stereocenters. The smallest absolute Gasteiger partial charge is 0.0304 e. The van der Waals surface area contributed by atoms with Gasteiger partial charge >= 0.3 is 0 Å². The van der Waals surface area contributed by atoms with Gasteiger partial charge in [-0.1, -0.05) is 51.1 Å². The normalized spacial score (nSPS) is 13.6. The first-order chi connectivity index (χ1) is 8.01. The maximum Gasteiger partial charge on any atom is 0.0304 e. The molecule has 3 heteroatoms. The van der Waals surface area contributed by atoms with E-state index in [4.69, 9.17) is 5.84 Å². The number of nitrogens with one attached hydrogen (secondary N) is 1. The minimum Gasteiger partial charge on any atom is -0.271 e. The molecule has 0 saturated carbocycles. The van der Waals surface area contributed by atoms with E-state index in [1.54, 1.807) is 0 Å². The molecule has 0 spiro atoms. The lowest BCUT2D eigenvalue weighted by molar-refractivity contribution is 0.537. The third-order valence-corrected chi connectivity index (χ3v) is 4.01. The van der Waals surface area contributed by atoms with Gasteiger partial charge in [-0.25, -0.2) is 0 Å². The first-order valence-electron chi connectivity index (χ1n) is 6.15. The van der Waals surface area contributed by atoms with E-state index in [-0.39, 0.29) is 0 Å². The van der Waals surface area contributed by atoms with Crippen LogP contribution in [0.1, 0.15) is 32.8 Å². The average Bonchev–Trinajstić information content (AvgIpc) is 2.29. The van der Waals surface area contributed by atoms with Crippen LogP contribution in [-0.2, 0) is 6.42 Å². The molecule has 0 fully saturated rings. The molecule has 0 radical (unpaired) electrons. The molecule has 0 aliphatic carbocycles. The molecule has 1 aromatic carbocycles. The van der Waals surface area contributed by atoms with Crippen LogP contribution < -0.4 is 11.3 Å². The van der Waals surface area contributed by atoms with Gasteiger partial charge in [-0.05, 0) is 18.4 Å². The second kappa shape index (κ2) is 7.04. The highest BCUT2D eigenvalue weighted by Gasteiger charge is 2.14. The predicted octanol–water partition coefficient (Wildman–Crippen LogP) is 2.98. The summed E-state index contributed by atoms with van der Waals surface area (Å²) in [6, 6.07) is 11.0. The largest absolute Gasteiger partial charge is 0.271 e. The Kier molecular flexibility index (Phi) is 6.03. The molecule has 0 aromatic heterocycles. The lowest BCUT2D eigenvalue weighted by Gasteiger charge is -2.22. The summed E-state index contributed by atoms with van der Waals surface area (Å²) < 4.78 is 0.307. The van der Waals surface area contributed by atoms with Crippen LogP contribution >= 0.6 is 11.8 Å². The van der Waals surface area contributed by atoms with Crippen molar-refractivity contribution in [2.45, 2.75) is 44.4 Å². The van der Waals surface area contributed by atoms with Gasteiger partial charge in [-0.2, -0.15) is 11.8 Å². The zero-order valence-corrected chi connectivity index (χ0v) is 11.9. The lowest BCUT2D eigenvalue weighted by atomic mass is 10.1. The summed E-state index contributed by atoms with van der Waals surface area (Å²) in [5.74, 6) is 6.67. The Balaban J connectivity index is 2.33. The van der Waals surface area contributed by atoms with Crippen molar-refractivity contribution in [1.29, 1.82) is 0 Å². The highest BCUT2D eigenvalue weighted by atomic mass is 32.2. The molecule has 0 amide bonds. The van der Waals surface area contributed by atoms with Crippen molar-refractivity contribution >= 4 is 11.8 Å². The second-order valence-electron chi connectivity index (χ2n) is 5.31. The van der Waals surface area contributed by atoms with Gasteiger partial charge in [0.15, 0.2) is 0 Å². The molecule has 1 unspecified atom stereocenters. The van der Waals surface area contributed by atoms with Crippen LogP contribution in [0.3, 0.4) is 0 Å². The van der Waals surface area contributed by atoms with Gasteiger partial charge in [0, 0.05) is 16.5 Å². The molecule has 1 rings (SSSR count). The van der Waals surface area contributed by atoms with Gasteiger partial charge < -0.3 is 0 Å². The fourth-order valence-electron chi connectivity index (χ4n) is 1.55. The monoisotopic (exact) mass is 252 g/mol. The van der Waals surface area contributed by atoms with E-state index >= 15 is 0 Å². The zero-order chi connectivity index (χ0) is 12.7. The molecule has 0 heterocycles. The van der Waals surface area contributed by atoms with Crippen molar-refractivity contribution in [3.05, 3.63) is 35.9 Å². The van der Waals surface area contributed by atoms with E-state index in [0.717, 1.165) is 18.6 Å². The van der Waals surface area contributed by atoms with Crippen molar-refractivity contribution in [3.8, 4) is 0 Å². The third-order valence-electron chi connectivity index (χ3n) is 2.58. The van der Waals surface area contributed by atoms with Crippen molar-refractivity contribution in [3.63, 3.8) is 0 Å². The van der Waals surface area contributed by atoms with Crippen LogP contribution in [0.25, 0.3) is 0 Å². The van der Waals surface area contributed by atoms with E-state index < -0.39 is 0 Å². The Labute approximate surface area is 109 Å². The molecule has 2 nitrogen and oxygen atoms in total. The molecular formula is C14H24N2S. The Hall–Kier alpha value is -0.510. The van der Waals surface area contributed by atoms with Crippen LogP contribution in [0.2, 0.25) is 0 Å². The van der Waals surface area contributed by atoms with E-state index in [0.29, 0.717) is 10.8 Å². The summed E-state index contributed by atoms with van der Waals surface area (Å²) in [6.07, 6.45) is 2.17. The summed E-state index contributed by atoms with van der Waals surface area (Å²) in [4.78, 5) is 0. The fraction of sp³-hybridized carbons (Fsp3) is 0.571. The van der Waals surface area contributed by atoms with E-state index in [1.807, 2.05) is 11.8 Å². The van der Waals surface area contributed by atoms with E-state index in [1.165, 1.54) is 5.56 Å². The Morgan fingerprint density at radius 3 is 2.41 bits per heavy atom. The van der Waals surface area contributed by atoms with Gasteiger partial charge in [0.05, 0.1) is 0 Å². The van der Waals surface area contributed by atoms with Gasteiger partial charge in [-0.3, -0.25) is 11.3 Å².